The number of rotatable bonds is 6. The van der Waals surface area contributed by atoms with Crippen molar-refractivity contribution in [2.45, 2.75) is 39.8 Å². The first-order valence-corrected chi connectivity index (χ1v) is 7.13. The van der Waals surface area contributed by atoms with Crippen molar-refractivity contribution in [1.29, 1.82) is 0 Å². The highest BCUT2D eigenvalue weighted by molar-refractivity contribution is 7.09. The third kappa shape index (κ3) is 4.74. The lowest BCUT2D eigenvalue weighted by Gasteiger charge is -2.22. The van der Waals surface area contributed by atoms with Gasteiger partial charge in [-0.15, -0.1) is 11.3 Å². The first kappa shape index (κ1) is 15.1. The topological polar surface area (TPSA) is 45.2 Å². The van der Waals surface area contributed by atoms with Crippen LogP contribution in [0.1, 0.15) is 31.0 Å². The van der Waals surface area contributed by atoms with Gasteiger partial charge in [-0.3, -0.25) is 4.79 Å². The quantitative estimate of drug-likeness (QED) is 0.859. The van der Waals surface area contributed by atoms with Crippen molar-refractivity contribution < 1.29 is 4.79 Å². The standard InChI is InChI=1S/C13H23N3OS/c1-9(2)6-12(13(17)16(4)5)14-7-11-8-18-10(3)15-11/h8-9,12,14H,6-7H2,1-5H3. The number of carbonyl (C=O) groups excluding carboxylic acids is 1. The normalized spacial score (nSPS) is 12.8. The van der Waals surface area contributed by atoms with E-state index in [1.54, 1.807) is 30.3 Å². The van der Waals surface area contributed by atoms with Gasteiger partial charge in [-0.05, 0) is 19.3 Å². The molecule has 102 valence electrons. The first-order chi connectivity index (χ1) is 8.40. The monoisotopic (exact) mass is 269 g/mol. The summed E-state index contributed by atoms with van der Waals surface area (Å²) in [7, 11) is 3.59. The maximum absolute atomic E-state index is 12.1. The molecule has 0 aliphatic heterocycles. The van der Waals surface area contributed by atoms with E-state index in [-0.39, 0.29) is 11.9 Å². The second-order valence-corrected chi connectivity index (χ2v) is 6.22. The minimum absolute atomic E-state index is 0.123. The first-order valence-electron chi connectivity index (χ1n) is 6.25. The summed E-state index contributed by atoms with van der Waals surface area (Å²) in [6.45, 7) is 6.90. The molecule has 1 heterocycles. The molecule has 1 amide bonds. The van der Waals surface area contributed by atoms with Gasteiger partial charge in [0.15, 0.2) is 0 Å². The van der Waals surface area contributed by atoms with Gasteiger partial charge in [0.25, 0.3) is 0 Å². The molecule has 0 spiro atoms. The number of amides is 1. The van der Waals surface area contributed by atoms with Gasteiger partial charge in [0.2, 0.25) is 5.91 Å². The molecule has 0 saturated carbocycles. The number of likely N-dealkylation sites (N-methyl/N-ethyl adjacent to an activating group) is 1. The Bertz CT molecular complexity index is 387. The molecule has 0 aliphatic rings. The zero-order valence-corrected chi connectivity index (χ0v) is 12.7. The molecule has 1 N–H and O–H groups in total. The Balaban J connectivity index is 2.58. The van der Waals surface area contributed by atoms with Gasteiger partial charge in [0, 0.05) is 26.0 Å². The zero-order chi connectivity index (χ0) is 13.7. The molecule has 1 unspecified atom stereocenters. The molecule has 4 nitrogen and oxygen atoms in total. The fourth-order valence-electron chi connectivity index (χ4n) is 1.77. The maximum Gasteiger partial charge on any atom is 0.239 e. The molecule has 0 aromatic carbocycles. The molecule has 1 aromatic rings. The van der Waals surface area contributed by atoms with Gasteiger partial charge in [-0.25, -0.2) is 4.98 Å². The van der Waals surface area contributed by atoms with Crippen LogP contribution in [-0.4, -0.2) is 35.9 Å². The van der Waals surface area contributed by atoms with Crippen LogP contribution in [0.3, 0.4) is 0 Å². The fourth-order valence-corrected chi connectivity index (χ4v) is 2.38. The number of nitrogens with zero attached hydrogens (tertiary/aromatic N) is 2. The molecule has 1 aromatic heterocycles. The average molecular weight is 269 g/mol. The van der Waals surface area contributed by atoms with Gasteiger partial charge in [-0.1, -0.05) is 13.8 Å². The predicted octanol–water partition coefficient (Wildman–Crippen LogP) is 2.04. The summed E-state index contributed by atoms with van der Waals surface area (Å²) < 4.78 is 0. The van der Waals surface area contributed by atoms with E-state index in [1.165, 1.54) is 0 Å². The Labute approximate surface area is 113 Å². The van der Waals surface area contributed by atoms with E-state index in [2.05, 4.69) is 24.1 Å². The van der Waals surface area contributed by atoms with Crippen molar-refractivity contribution >= 4 is 17.2 Å². The Hall–Kier alpha value is -0.940. The highest BCUT2D eigenvalue weighted by Gasteiger charge is 2.20. The van der Waals surface area contributed by atoms with Crippen molar-refractivity contribution in [3.63, 3.8) is 0 Å². The number of hydrogen-bond acceptors (Lipinski definition) is 4. The van der Waals surface area contributed by atoms with E-state index < -0.39 is 0 Å². The zero-order valence-electron chi connectivity index (χ0n) is 11.9. The Morgan fingerprint density at radius 1 is 1.50 bits per heavy atom. The molecule has 0 bridgehead atoms. The Kier molecular flexibility index (Phi) is 5.75. The summed E-state index contributed by atoms with van der Waals surface area (Å²) in [6.07, 6.45) is 0.847. The average Bonchev–Trinajstić information content (AvgIpc) is 2.68. The van der Waals surface area contributed by atoms with Crippen LogP contribution in [0.15, 0.2) is 5.38 Å². The number of aryl methyl sites for hydroxylation is 1. The molecular weight excluding hydrogens is 246 g/mol. The number of nitrogens with one attached hydrogen (secondary N) is 1. The predicted molar refractivity (Wildman–Crippen MR) is 75.6 cm³/mol. The maximum atomic E-state index is 12.1. The second-order valence-electron chi connectivity index (χ2n) is 5.15. The van der Waals surface area contributed by atoms with E-state index >= 15 is 0 Å². The van der Waals surface area contributed by atoms with Crippen LogP contribution in [0.4, 0.5) is 0 Å². The van der Waals surface area contributed by atoms with Crippen LogP contribution in [0, 0.1) is 12.8 Å². The van der Waals surface area contributed by atoms with E-state index in [0.29, 0.717) is 12.5 Å². The lowest BCUT2D eigenvalue weighted by molar-refractivity contribution is -0.131. The van der Waals surface area contributed by atoms with Gasteiger partial charge < -0.3 is 10.2 Å². The van der Waals surface area contributed by atoms with E-state index in [0.717, 1.165) is 17.1 Å². The summed E-state index contributed by atoms with van der Waals surface area (Å²) in [5.74, 6) is 0.624. The summed E-state index contributed by atoms with van der Waals surface area (Å²) in [5, 5.41) is 6.41. The van der Waals surface area contributed by atoms with Crippen LogP contribution in [-0.2, 0) is 11.3 Å². The van der Waals surface area contributed by atoms with Crippen molar-refractivity contribution in [3.05, 3.63) is 16.1 Å². The highest BCUT2D eigenvalue weighted by Crippen LogP contribution is 2.10. The van der Waals surface area contributed by atoms with E-state index in [1.807, 2.05) is 12.3 Å². The third-order valence-corrected chi connectivity index (χ3v) is 3.46. The molecule has 0 saturated heterocycles. The molecule has 1 rings (SSSR count). The van der Waals surface area contributed by atoms with Crippen LogP contribution in [0.25, 0.3) is 0 Å². The van der Waals surface area contributed by atoms with Crippen LogP contribution in [0.2, 0.25) is 0 Å². The van der Waals surface area contributed by atoms with Crippen molar-refractivity contribution in [3.8, 4) is 0 Å². The minimum atomic E-state index is -0.123. The molecular formula is C13H23N3OS. The summed E-state index contributed by atoms with van der Waals surface area (Å²) in [4.78, 5) is 18.1. The van der Waals surface area contributed by atoms with E-state index in [9.17, 15) is 4.79 Å². The molecule has 1 atom stereocenters. The van der Waals surface area contributed by atoms with Crippen molar-refractivity contribution in [2.24, 2.45) is 5.92 Å². The van der Waals surface area contributed by atoms with Crippen molar-refractivity contribution in [1.82, 2.24) is 15.2 Å². The number of hydrogen-bond donors (Lipinski definition) is 1. The molecule has 18 heavy (non-hydrogen) atoms. The molecule has 0 radical (unpaired) electrons. The summed E-state index contributed by atoms with van der Waals surface area (Å²) >= 11 is 1.64. The minimum Gasteiger partial charge on any atom is -0.347 e. The Morgan fingerprint density at radius 3 is 2.61 bits per heavy atom. The Morgan fingerprint density at radius 2 is 2.17 bits per heavy atom. The lowest BCUT2D eigenvalue weighted by Crippen LogP contribution is -2.44. The van der Waals surface area contributed by atoms with Gasteiger partial charge >= 0.3 is 0 Å². The van der Waals surface area contributed by atoms with Crippen LogP contribution >= 0.6 is 11.3 Å². The van der Waals surface area contributed by atoms with Gasteiger partial charge in [-0.2, -0.15) is 0 Å². The third-order valence-electron chi connectivity index (χ3n) is 2.64. The van der Waals surface area contributed by atoms with E-state index in [4.69, 9.17) is 0 Å². The van der Waals surface area contributed by atoms with Gasteiger partial charge in [0.05, 0.1) is 16.7 Å². The largest absolute Gasteiger partial charge is 0.347 e. The molecule has 0 aliphatic carbocycles. The lowest BCUT2D eigenvalue weighted by atomic mass is 10.0. The fraction of sp³-hybridized carbons (Fsp3) is 0.692. The SMILES string of the molecule is Cc1nc(CNC(CC(C)C)C(=O)N(C)C)cs1. The number of carbonyl (C=O) groups is 1. The summed E-state index contributed by atoms with van der Waals surface area (Å²) in [6, 6.07) is -0.123. The molecule has 5 heteroatoms. The molecule has 0 fully saturated rings. The van der Waals surface area contributed by atoms with Crippen molar-refractivity contribution in [2.75, 3.05) is 14.1 Å². The van der Waals surface area contributed by atoms with Crippen LogP contribution < -0.4 is 5.32 Å². The number of aromatic nitrogens is 1. The number of thiazole rings is 1. The second kappa shape index (κ2) is 6.85. The van der Waals surface area contributed by atoms with Gasteiger partial charge in [0.1, 0.15) is 0 Å². The highest BCUT2D eigenvalue weighted by atomic mass is 32.1. The van der Waals surface area contributed by atoms with Crippen LogP contribution in [0.5, 0.6) is 0 Å². The summed E-state index contributed by atoms with van der Waals surface area (Å²) in [5.41, 5.74) is 1.01. The smallest absolute Gasteiger partial charge is 0.239 e.